The number of hydrogen-bond acceptors (Lipinski definition) is 7. The minimum Gasteiger partial charge on any atom is -0.434 e. The fourth-order valence-corrected chi connectivity index (χ4v) is 2.41. The zero-order valence-corrected chi connectivity index (χ0v) is 14.3. The van der Waals surface area contributed by atoms with Gasteiger partial charge in [-0.3, -0.25) is 0 Å². The maximum atomic E-state index is 12.5. The van der Waals surface area contributed by atoms with Crippen molar-refractivity contribution in [3.8, 4) is 11.8 Å². The number of nitriles is 1. The van der Waals surface area contributed by atoms with E-state index in [-0.39, 0.29) is 18.0 Å². The van der Waals surface area contributed by atoms with Gasteiger partial charge in [0.15, 0.2) is 5.69 Å². The molecule has 0 saturated heterocycles. The highest BCUT2D eigenvalue weighted by Gasteiger charge is 2.12. The molecular weight excluding hydrogens is 356 g/mol. The third-order valence-corrected chi connectivity index (χ3v) is 3.65. The maximum absolute atomic E-state index is 12.5. The van der Waals surface area contributed by atoms with Crippen LogP contribution in [0.4, 0.5) is 14.6 Å². The van der Waals surface area contributed by atoms with E-state index in [9.17, 15) is 8.78 Å². The van der Waals surface area contributed by atoms with Crippen molar-refractivity contribution in [3.05, 3.63) is 59.8 Å². The van der Waals surface area contributed by atoms with E-state index < -0.39 is 6.61 Å². The molecule has 0 radical (unpaired) electrons. The summed E-state index contributed by atoms with van der Waals surface area (Å²) in [6, 6.07) is 8.45. The average Bonchev–Trinajstić information content (AvgIpc) is 3.10. The van der Waals surface area contributed by atoms with Gasteiger partial charge in [-0.25, -0.2) is 14.6 Å². The van der Waals surface area contributed by atoms with Crippen molar-refractivity contribution in [2.24, 2.45) is 0 Å². The fourth-order valence-electron chi connectivity index (χ4n) is 2.41. The zero-order valence-electron chi connectivity index (χ0n) is 14.3. The van der Waals surface area contributed by atoms with E-state index in [0.717, 1.165) is 0 Å². The van der Waals surface area contributed by atoms with Crippen LogP contribution in [0.1, 0.15) is 17.0 Å². The number of rotatable bonds is 7. The van der Waals surface area contributed by atoms with Gasteiger partial charge in [0.2, 0.25) is 0 Å². The number of ether oxygens (including phenoxy) is 1. The van der Waals surface area contributed by atoms with E-state index in [2.05, 4.69) is 25.0 Å². The number of aromatic nitrogens is 5. The summed E-state index contributed by atoms with van der Waals surface area (Å²) in [5, 5.41) is 16.9. The maximum Gasteiger partial charge on any atom is 0.387 e. The van der Waals surface area contributed by atoms with Crippen molar-refractivity contribution in [2.45, 2.75) is 19.7 Å². The first-order valence-electron chi connectivity index (χ1n) is 7.90. The smallest absolute Gasteiger partial charge is 0.387 e. The Morgan fingerprint density at radius 2 is 2.07 bits per heavy atom. The average molecular weight is 371 g/mol. The molecule has 1 aromatic carbocycles. The molecule has 0 unspecified atom stereocenters. The standard InChI is InChI=1S/C17H15F2N7O/c1-25(16-8-21-13(6-20)7-22-16)10-14-11-26(24-23-14)9-12-4-2-3-5-15(12)27-17(18)19/h2-5,7-8,11,17H,9-10H2,1H3. The summed E-state index contributed by atoms with van der Waals surface area (Å²) in [6.45, 7) is -2.23. The number of para-hydroxylation sites is 1. The highest BCUT2D eigenvalue weighted by molar-refractivity contribution is 5.36. The van der Waals surface area contributed by atoms with Crippen molar-refractivity contribution in [3.63, 3.8) is 0 Å². The molecule has 27 heavy (non-hydrogen) atoms. The molecule has 0 spiro atoms. The molecule has 0 fully saturated rings. The molecule has 2 aromatic heterocycles. The van der Waals surface area contributed by atoms with Gasteiger partial charge in [0, 0.05) is 12.6 Å². The molecule has 2 heterocycles. The molecule has 0 bridgehead atoms. The van der Waals surface area contributed by atoms with Gasteiger partial charge in [0.25, 0.3) is 0 Å². The van der Waals surface area contributed by atoms with Gasteiger partial charge >= 0.3 is 6.61 Å². The lowest BCUT2D eigenvalue weighted by Gasteiger charge is -2.15. The summed E-state index contributed by atoms with van der Waals surface area (Å²) in [5.41, 5.74) is 1.47. The third-order valence-electron chi connectivity index (χ3n) is 3.65. The van der Waals surface area contributed by atoms with Crippen molar-refractivity contribution >= 4 is 5.82 Å². The molecule has 0 amide bonds. The third kappa shape index (κ3) is 4.72. The Hall–Kier alpha value is -3.61. The van der Waals surface area contributed by atoms with Gasteiger partial charge < -0.3 is 9.64 Å². The van der Waals surface area contributed by atoms with E-state index in [0.29, 0.717) is 23.6 Å². The molecule has 0 atom stereocenters. The summed E-state index contributed by atoms with van der Waals surface area (Å²) in [7, 11) is 1.81. The Labute approximate surface area is 153 Å². The number of anilines is 1. The molecule has 0 aliphatic carbocycles. The Bertz CT molecular complexity index is 937. The largest absolute Gasteiger partial charge is 0.434 e. The lowest BCUT2D eigenvalue weighted by Crippen LogP contribution is -2.18. The van der Waals surface area contributed by atoms with Crippen molar-refractivity contribution < 1.29 is 13.5 Å². The van der Waals surface area contributed by atoms with Crippen LogP contribution in [0.2, 0.25) is 0 Å². The quantitative estimate of drug-likeness (QED) is 0.629. The summed E-state index contributed by atoms with van der Waals surface area (Å²) < 4.78 is 31.1. The minimum atomic E-state index is -2.89. The Balaban J connectivity index is 1.67. The van der Waals surface area contributed by atoms with Crippen LogP contribution in [0, 0.1) is 11.3 Å². The van der Waals surface area contributed by atoms with Gasteiger partial charge in [0.05, 0.1) is 31.7 Å². The number of alkyl halides is 2. The number of benzene rings is 1. The second-order valence-corrected chi connectivity index (χ2v) is 5.62. The first-order valence-corrected chi connectivity index (χ1v) is 7.90. The first kappa shape index (κ1) is 18.2. The normalized spacial score (nSPS) is 10.6. The monoisotopic (exact) mass is 371 g/mol. The highest BCUT2D eigenvalue weighted by atomic mass is 19.3. The van der Waals surface area contributed by atoms with Crippen LogP contribution in [0.15, 0.2) is 42.9 Å². The van der Waals surface area contributed by atoms with Crippen LogP contribution in [0.3, 0.4) is 0 Å². The Morgan fingerprint density at radius 3 is 2.78 bits per heavy atom. The molecule has 3 aromatic rings. The van der Waals surface area contributed by atoms with Gasteiger partial charge in [-0.2, -0.15) is 14.0 Å². The highest BCUT2D eigenvalue weighted by Crippen LogP contribution is 2.21. The lowest BCUT2D eigenvalue weighted by atomic mass is 10.2. The van der Waals surface area contributed by atoms with Crippen LogP contribution >= 0.6 is 0 Å². The molecule has 0 aliphatic rings. The molecule has 8 nitrogen and oxygen atoms in total. The van der Waals surface area contributed by atoms with Crippen LogP contribution in [0.5, 0.6) is 5.75 Å². The van der Waals surface area contributed by atoms with Crippen LogP contribution in [-0.4, -0.2) is 38.6 Å². The topological polar surface area (TPSA) is 92.8 Å². The SMILES string of the molecule is CN(Cc1cn(Cc2ccccc2OC(F)F)nn1)c1cnc(C#N)cn1. The van der Waals surface area contributed by atoms with Crippen molar-refractivity contribution in [2.75, 3.05) is 11.9 Å². The van der Waals surface area contributed by atoms with Gasteiger partial charge in [0.1, 0.15) is 23.3 Å². The summed E-state index contributed by atoms with van der Waals surface area (Å²) >= 11 is 0. The second-order valence-electron chi connectivity index (χ2n) is 5.62. The fraction of sp³-hybridized carbons (Fsp3) is 0.235. The van der Waals surface area contributed by atoms with Gasteiger partial charge in [-0.1, -0.05) is 23.4 Å². The van der Waals surface area contributed by atoms with E-state index in [1.54, 1.807) is 41.0 Å². The van der Waals surface area contributed by atoms with Gasteiger partial charge in [-0.15, -0.1) is 5.10 Å². The molecule has 3 rings (SSSR count). The summed E-state index contributed by atoms with van der Waals surface area (Å²) in [4.78, 5) is 9.93. The predicted molar refractivity (Wildman–Crippen MR) is 91.1 cm³/mol. The number of halogens is 2. The minimum absolute atomic E-state index is 0.106. The second kappa shape index (κ2) is 8.18. The van der Waals surface area contributed by atoms with Crippen LogP contribution in [0.25, 0.3) is 0 Å². The van der Waals surface area contributed by atoms with E-state index in [4.69, 9.17) is 5.26 Å². The van der Waals surface area contributed by atoms with Crippen LogP contribution < -0.4 is 9.64 Å². The number of hydrogen-bond donors (Lipinski definition) is 0. The lowest BCUT2D eigenvalue weighted by molar-refractivity contribution is -0.0505. The van der Waals surface area contributed by atoms with E-state index in [1.165, 1.54) is 18.5 Å². The van der Waals surface area contributed by atoms with E-state index in [1.807, 2.05) is 6.07 Å². The Kier molecular flexibility index (Phi) is 5.51. The molecule has 0 N–H and O–H groups in total. The number of nitrogens with zero attached hydrogens (tertiary/aromatic N) is 7. The molecule has 0 aliphatic heterocycles. The summed E-state index contributed by atoms with van der Waals surface area (Å²) in [5.74, 6) is 0.689. The van der Waals surface area contributed by atoms with E-state index >= 15 is 0 Å². The Morgan fingerprint density at radius 1 is 1.26 bits per heavy atom. The van der Waals surface area contributed by atoms with Crippen molar-refractivity contribution in [1.82, 2.24) is 25.0 Å². The zero-order chi connectivity index (χ0) is 19.2. The molecule has 138 valence electrons. The van der Waals surface area contributed by atoms with Gasteiger partial charge in [-0.05, 0) is 6.07 Å². The van der Waals surface area contributed by atoms with Crippen molar-refractivity contribution in [1.29, 1.82) is 5.26 Å². The molecule has 0 saturated carbocycles. The molecule has 10 heteroatoms. The predicted octanol–water partition coefficient (Wildman–Crippen LogP) is 2.23. The summed E-state index contributed by atoms with van der Waals surface area (Å²) in [6.07, 6.45) is 4.61. The molecular formula is C17H15F2N7O. The van der Waals surface area contributed by atoms with Crippen LogP contribution in [-0.2, 0) is 13.1 Å². The first-order chi connectivity index (χ1) is 13.0.